The second-order valence-electron chi connectivity index (χ2n) is 4.96. The molecule has 4 nitrogen and oxygen atoms in total. The number of amides is 1. The highest BCUT2D eigenvalue weighted by Crippen LogP contribution is 2.20. The molecule has 0 radical (unpaired) electrons. The van der Waals surface area contributed by atoms with Gasteiger partial charge in [0, 0.05) is 12.5 Å². The van der Waals surface area contributed by atoms with E-state index >= 15 is 0 Å². The average molecular weight is 320 g/mol. The van der Waals surface area contributed by atoms with Gasteiger partial charge in [-0.3, -0.25) is 4.79 Å². The molecule has 23 heavy (non-hydrogen) atoms. The largest absolute Gasteiger partial charge is 0.382 e. The lowest BCUT2D eigenvalue weighted by Crippen LogP contribution is -2.28. The molecule has 118 valence electrons. The third-order valence-electron chi connectivity index (χ3n) is 3.33. The number of carbonyl (C=O) groups is 1. The first kappa shape index (κ1) is 15.1. The van der Waals surface area contributed by atoms with Crippen molar-refractivity contribution in [3.05, 3.63) is 65.5 Å². The fourth-order valence-corrected chi connectivity index (χ4v) is 2.13. The van der Waals surface area contributed by atoms with Gasteiger partial charge in [0.15, 0.2) is 0 Å². The summed E-state index contributed by atoms with van der Waals surface area (Å²) in [5.74, 6) is -2.60. The summed E-state index contributed by atoms with van der Waals surface area (Å²) >= 11 is 0. The summed E-state index contributed by atoms with van der Waals surface area (Å²) in [6, 6.07) is 8.44. The number of oxime groups is 1. The number of anilines is 1. The molecule has 0 aromatic heterocycles. The van der Waals surface area contributed by atoms with Gasteiger partial charge in [-0.15, -0.1) is 0 Å². The van der Waals surface area contributed by atoms with Gasteiger partial charge < -0.3 is 10.2 Å². The van der Waals surface area contributed by atoms with Crippen molar-refractivity contribution in [2.75, 3.05) is 5.32 Å². The fourth-order valence-electron chi connectivity index (χ4n) is 2.13. The van der Waals surface area contributed by atoms with Crippen LogP contribution in [0, 0.1) is 17.5 Å². The zero-order valence-corrected chi connectivity index (χ0v) is 11.7. The van der Waals surface area contributed by atoms with E-state index in [2.05, 4.69) is 10.5 Å². The molecule has 2 aromatic rings. The van der Waals surface area contributed by atoms with Gasteiger partial charge in [-0.2, -0.15) is 0 Å². The van der Waals surface area contributed by atoms with Gasteiger partial charge in [0.1, 0.15) is 17.5 Å². The van der Waals surface area contributed by atoms with E-state index in [-0.39, 0.29) is 17.9 Å². The first-order valence-electron chi connectivity index (χ1n) is 6.77. The van der Waals surface area contributed by atoms with Crippen LogP contribution >= 0.6 is 0 Å². The lowest BCUT2D eigenvalue weighted by molar-refractivity contribution is -0.125. The number of rotatable bonds is 3. The zero-order chi connectivity index (χ0) is 16.4. The molecule has 2 aromatic carbocycles. The Balaban J connectivity index is 1.65. The first-order chi connectivity index (χ1) is 11.0. The van der Waals surface area contributed by atoms with E-state index in [1.807, 2.05) is 0 Å². The number of benzene rings is 2. The van der Waals surface area contributed by atoms with E-state index in [0.29, 0.717) is 17.3 Å². The summed E-state index contributed by atoms with van der Waals surface area (Å²) in [6.07, 6.45) is -0.764. The maximum atomic E-state index is 13.5. The third kappa shape index (κ3) is 3.33. The fraction of sp³-hybridized carbons (Fsp3) is 0.125. The third-order valence-corrected chi connectivity index (χ3v) is 3.33. The molecule has 0 spiro atoms. The van der Waals surface area contributed by atoms with Crippen molar-refractivity contribution in [3.63, 3.8) is 0 Å². The molecule has 1 aliphatic rings. The van der Waals surface area contributed by atoms with Crippen LogP contribution in [0.5, 0.6) is 0 Å². The molecule has 7 heteroatoms. The molecule has 0 bridgehead atoms. The number of halogens is 3. The van der Waals surface area contributed by atoms with Crippen molar-refractivity contribution in [1.29, 1.82) is 0 Å². The highest BCUT2D eigenvalue weighted by molar-refractivity contribution is 6.06. The monoisotopic (exact) mass is 320 g/mol. The van der Waals surface area contributed by atoms with Crippen molar-refractivity contribution in [3.8, 4) is 0 Å². The van der Waals surface area contributed by atoms with Crippen molar-refractivity contribution < 1.29 is 22.8 Å². The smallest absolute Gasteiger partial charge is 0.268 e. The second kappa shape index (κ2) is 6.12. The van der Waals surface area contributed by atoms with Gasteiger partial charge in [0.2, 0.25) is 6.10 Å². The quantitative estimate of drug-likeness (QED) is 0.944. The molecular weight excluding hydrogens is 309 g/mol. The first-order valence-corrected chi connectivity index (χ1v) is 6.77. The SMILES string of the molecule is O=C(Nc1ccc(F)cc1F)[C@@H]1CC(c2ccc(F)cc2)=NO1. The molecular formula is C16H11F3N2O2. The van der Waals surface area contributed by atoms with Crippen molar-refractivity contribution >= 4 is 17.3 Å². The zero-order valence-electron chi connectivity index (χ0n) is 11.7. The predicted octanol–water partition coefficient (Wildman–Crippen LogP) is 3.24. The molecule has 1 aliphatic heterocycles. The van der Waals surface area contributed by atoms with Crippen LogP contribution in [0.2, 0.25) is 0 Å². The van der Waals surface area contributed by atoms with E-state index in [1.165, 1.54) is 24.3 Å². The van der Waals surface area contributed by atoms with Crippen LogP contribution in [0.25, 0.3) is 0 Å². The lowest BCUT2D eigenvalue weighted by atomic mass is 10.0. The minimum absolute atomic E-state index is 0.143. The number of nitrogens with zero attached hydrogens (tertiary/aromatic N) is 1. The van der Waals surface area contributed by atoms with Gasteiger partial charge >= 0.3 is 0 Å². The Bertz CT molecular complexity index is 775. The van der Waals surface area contributed by atoms with E-state index in [9.17, 15) is 18.0 Å². The molecule has 1 atom stereocenters. The van der Waals surface area contributed by atoms with Crippen LogP contribution in [0.15, 0.2) is 47.6 Å². The number of nitrogens with one attached hydrogen (secondary N) is 1. The molecule has 1 amide bonds. The highest BCUT2D eigenvalue weighted by Gasteiger charge is 2.29. The Hall–Kier alpha value is -2.83. The van der Waals surface area contributed by atoms with Crippen LogP contribution in [0.4, 0.5) is 18.9 Å². The summed E-state index contributed by atoms with van der Waals surface area (Å²) in [5.41, 5.74) is 0.981. The average Bonchev–Trinajstić information content (AvgIpc) is 3.01. The van der Waals surface area contributed by atoms with Crippen molar-refractivity contribution in [2.45, 2.75) is 12.5 Å². The number of hydrogen-bond donors (Lipinski definition) is 1. The molecule has 1 N–H and O–H groups in total. The summed E-state index contributed by atoms with van der Waals surface area (Å²) in [6.45, 7) is 0. The Labute approximate surface area is 129 Å². The second-order valence-corrected chi connectivity index (χ2v) is 4.96. The minimum Gasteiger partial charge on any atom is -0.382 e. The molecule has 0 aliphatic carbocycles. The summed E-state index contributed by atoms with van der Waals surface area (Å²) in [7, 11) is 0. The molecule has 0 unspecified atom stereocenters. The molecule has 1 heterocycles. The number of carbonyl (C=O) groups excluding carboxylic acids is 1. The van der Waals surface area contributed by atoms with Crippen LogP contribution in [0.1, 0.15) is 12.0 Å². The lowest BCUT2D eigenvalue weighted by Gasteiger charge is -2.10. The summed E-state index contributed by atoms with van der Waals surface area (Å²) < 4.78 is 39.2. The maximum Gasteiger partial charge on any atom is 0.268 e. The number of hydrogen-bond acceptors (Lipinski definition) is 3. The van der Waals surface area contributed by atoms with Gasteiger partial charge in [0.05, 0.1) is 11.4 Å². The Morgan fingerprint density at radius 3 is 2.48 bits per heavy atom. The Morgan fingerprint density at radius 1 is 1.09 bits per heavy atom. The van der Waals surface area contributed by atoms with Crippen molar-refractivity contribution in [1.82, 2.24) is 0 Å². The van der Waals surface area contributed by atoms with Crippen LogP contribution in [0.3, 0.4) is 0 Å². The topological polar surface area (TPSA) is 50.7 Å². The van der Waals surface area contributed by atoms with E-state index in [1.54, 1.807) is 0 Å². The molecule has 0 saturated carbocycles. The summed E-state index contributed by atoms with van der Waals surface area (Å²) in [5, 5.41) is 6.12. The molecule has 0 saturated heterocycles. The molecule has 0 fully saturated rings. The van der Waals surface area contributed by atoms with Crippen LogP contribution < -0.4 is 5.32 Å². The maximum absolute atomic E-state index is 13.5. The van der Waals surface area contributed by atoms with Gasteiger partial charge in [-0.25, -0.2) is 13.2 Å². The Morgan fingerprint density at radius 2 is 1.78 bits per heavy atom. The van der Waals surface area contributed by atoms with Crippen LogP contribution in [-0.4, -0.2) is 17.7 Å². The van der Waals surface area contributed by atoms with Gasteiger partial charge in [-0.05, 0) is 29.8 Å². The minimum atomic E-state index is -0.931. The van der Waals surface area contributed by atoms with E-state index < -0.39 is 23.6 Å². The normalized spacial score (nSPS) is 16.7. The van der Waals surface area contributed by atoms with Gasteiger partial charge in [0.25, 0.3) is 5.91 Å². The van der Waals surface area contributed by atoms with Gasteiger partial charge in [-0.1, -0.05) is 17.3 Å². The Kier molecular flexibility index (Phi) is 4.01. The van der Waals surface area contributed by atoms with E-state index in [4.69, 9.17) is 4.84 Å². The predicted molar refractivity (Wildman–Crippen MR) is 77.4 cm³/mol. The van der Waals surface area contributed by atoms with Crippen LogP contribution in [-0.2, 0) is 9.63 Å². The van der Waals surface area contributed by atoms with Crippen molar-refractivity contribution in [2.24, 2.45) is 5.16 Å². The standard InChI is InChI=1S/C16H11F3N2O2/c17-10-3-1-9(2-4-10)14-8-15(23-21-14)16(22)20-13-6-5-11(18)7-12(13)19/h1-7,15H,8H2,(H,20,22)/t15-/m0/s1. The highest BCUT2D eigenvalue weighted by atomic mass is 19.1. The summed E-state index contributed by atoms with van der Waals surface area (Å²) in [4.78, 5) is 17.1. The van der Waals surface area contributed by atoms with E-state index in [0.717, 1.165) is 12.1 Å². The molecule has 3 rings (SSSR count).